The number of hydrogen-bond donors (Lipinski definition) is 2. The molecule has 100 valence electrons. The highest BCUT2D eigenvalue weighted by Gasteiger charge is 2.14. The van der Waals surface area contributed by atoms with E-state index >= 15 is 0 Å². The largest absolute Gasteiger partial charge is 0.478 e. The van der Waals surface area contributed by atoms with Gasteiger partial charge >= 0.3 is 5.97 Å². The molecule has 1 atom stereocenters. The van der Waals surface area contributed by atoms with Crippen LogP contribution in [0.15, 0.2) is 24.3 Å². The predicted octanol–water partition coefficient (Wildman–Crippen LogP) is 3.10. The maximum atomic E-state index is 10.8. The molecule has 0 aliphatic heterocycles. The maximum Gasteiger partial charge on any atom is 0.335 e. The second kappa shape index (κ2) is 5.50. The SMILES string of the molecule is CN[C@@H](C)c1nc(-c2ccc(C(=O)O)cc2)c(C)s1. The van der Waals surface area contributed by atoms with E-state index in [4.69, 9.17) is 5.11 Å². The minimum absolute atomic E-state index is 0.218. The van der Waals surface area contributed by atoms with Crippen molar-refractivity contribution in [1.29, 1.82) is 0 Å². The third-order valence-corrected chi connectivity index (χ3v) is 4.18. The van der Waals surface area contributed by atoms with Gasteiger partial charge < -0.3 is 10.4 Å². The molecule has 2 aromatic rings. The lowest BCUT2D eigenvalue weighted by Crippen LogP contribution is -2.11. The zero-order valence-electron chi connectivity index (χ0n) is 11.1. The summed E-state index contributed by atoms with van der Waals surface area (Å²) >= 11 is 1.66. The van der Waals surface area contributed by atoms with Crippen molar-refractivity contribution in [2.75, 3.05) is 7.05 Å². The van der Waals surface area contributed by atoms with E-state index in [2.05, 4.69) is 17.2 Å². The van der Waals surface area contributed by atoms with Gasteiger partial charge in [-0.25, -0.2) is 9.78 Å². The van der Waals surface area contributed by atoms with Gasteiger partial charge in [-0.05, 0) is 33.0 Å². The molecule has 5 heteroatoms. The fourth-order valence-corrected chi connectivity index (χ4v) is 2.77. The Kier molecular flexibility index (Phi) is 3.97. The second-order valence-electron chi connectivity index (χ2n) is 4.35. The smallest absolute Gasteiger partial charge is 0.335 e. The van der Waals surface area contributed by atoms with Crippen LogP contribution >= 0.6 is 11.3 Å². The third-order valence-electron chi connectivity index (χ3n) is 3.02. The summed E-state index contributed by atoms with van der Waals surface area (Å²) in [4.78, 5) is 16.6. The van der Waals surface area contributed by atoms with Crippen molar-refractivity contribution in [1.82, 2.24) is 10.3 Å². The third kappa shape index (κ3) is 2.83. The molecule has 1 aromatic heterocycles. The van der Waals surface area contributed by atoms with Gasteiger partial charge in [0.2, 0.25) is 0 Å². The number of rotatable bonds is 4. The Bertz CT molecular complexity index is 590. The monoisotopic (exact) mass is 276 g/mol. The molecule has 0 spiro atoms. The Morgan fingerprint density at radius 1 is 1.37 bits per heavy atom. The van der Waals surface area contributed by atoms with Crippen LogP contribution in [0.5, 0.6) is 0 Å². The molecule has 4 nitrogen and oxygen atoms in total. The van der Waals surface area contributed by atoms with E-state index in [1.54, 1.807) is 35.6 Å². The molecular formula is C14H16N2O2S. The average Bonchev–Trinajstić information content (AvgIpc) is 2.80. The Morgan fingerprint density at radius 3 is 2.53 bits per heavy atom. The van der Waals surface area contributed by atoms with E-state index in [1.165, 1.54) is 0 Å². The zero-order chi connectivity index (χ0) is 14.0. The normalized spacial score (nSPS) is 12.4. The molecule has 1 aromatic carbocycles. The van der Waals surface area contributed by atoms with Crippen LogP contribution in [0, 0.1) is 6.92 Å². The van der Waals surface area contributed by atoms with Gasteiger partial charge in [0.25, 0.3) is 0 Å². The summed E-state index contributed by atoms with van der Waals surface area (Å²) in [5.74, 6) is -0.911. The fraction of sp³-hybridized carbons (Fsp3) is 0.286. The minimum Gasteiger partial charge on any atom is -0.478 e. The first-order chi connectivity index (χ1) is 9.02. The highest BCUT2D eigenvalue weighted by Crippen LogP contribution is 2.30. The molecule has 0 bridgehead atoms. The number of nitrogens with one attached hydrogen (secondary N) is 1. The summed E-state index contributed by atoms with van der Waals surface area (Å²) in [6.07, 6.45) is 0. The minimum atomic E-state index is -0.911. The highest BCUT2D eigenvalue weighted by atomic mass is 32.1. The number of nitrogens with zero attached hydrogens (tertiary/aromatic N) is 1. The van der Waals surface area contributed by atoms with Crippen LogP contribution in [-0.2, 0) is 0 Å². The molecule has 19 heavy (non-hydrogen) atoms. The molecule has 0 fully saturated rings. The summed E-state index contributed by atoms with van der Waals surface area (Å²) in [6.45, 7) is 4.10. The number of carbonyl (C=O) groups is 1. The van der Waals surface area contributed by atoms with Crippen LogP contribution in [-0.4, -0.2) is 23.1 Å². The van der Waals surface area contributed by atoms with Crippen LogP contribution < -0.4 is 5.32 Å². The number of aromatic carboxylic acids is 1. The molecule has 0 unspecified atom stereocenters. The van der Waals surface area contributed by atoms with Gasteiger partial charge in [0.05, 0.1) is 17.3 Å². The van der Waals surface area contributed by atoms with Crippen molar-refractivity contribution in [3.63, 3.8) is 0 Å². The predicted molar refractivity (Wildman–Crippen MR) is 76.7 cm³/mol. The number of carboxylic acids is 1. The lowest BCUT2D eigenvalue weighted by Gasteiger charge is -2.04. The molecule has 2 rings (SSSR count). The standard InChI is InChI=1S/C14H16N2O2S/c1-8(15-3)13-16-12(9(2)19-13)10-4-6-11(7-5-10)14(17)18/h4-8,15H,1-3H3,(H,17,18)/t8-/m0/s1. The van der Waals surface area contributed by atoms with E-state index < -0.39 is 5.97 Å². The quantitative estimate of drug-likeness (QED) is 0.900. The van der Waals surface area contributed by atoms with Crippen LogP contribution in [0.2, 0.25) is 0 Å². The van der Waals surface area contributed by atoms with Crippen molar-refractivity contribution in [3.05, 3.63) is 39.7 Å². The van der Waals surface area contributed by atoms with Gasteiger partial charge in [0, 0.05) is 10.4 Å². The van der Waals surface area contributed by atoms with Crippen LogP contribution in [0.4, 0.5) is 0 Å². The number of carboxylic acid groups (broad SMARTS) is 1. The van der Waals surface area contributed by atoms with Gasteiger partial charge in [-0.15, -0.1) is 11.3 Å². The highest BCUT2D eigenvalue weighted by molar-refractivity contribution is 7.12. The van der Waals surface area contributed by atoms with Crippen molar-refractivity contribution in [2.45, 2.75) is 19.9 Å². The van der Waals surface area contributed by atoms with E-state index in [0.29, 0.717) is 5.56 Å². The van der Waals surface area contributed by atoms with Crippen molar-refractivity contribution in [3.8, 4) is 11.3 Å². The molecule has 0 aliphatic rings. The maximum absolute atomic E-state index is 10.8. The number of thiazole rings is 1. The molecule has 0 radical (unpaired) electrons. The first-order valence-corrected chi connectivity index (χ1v) is 6.83. The lowest BCUT2D eigenvalue weighted by molar-refractivity contribution is 0.0697. The first-order valence-electron chi connectivity index (χ1n) is 6.01. The Hall–Kier alpha value is -1.72. The number of benzene rings is 1. The molecule has 0 amide bonds. The summed E-state index contributed by atoms with van der Waals surface area (Å²) in [6, 6.07) is 7.05. The van der Waals surface area contributed by atoms with Gasteiger partial charge in [-0.3, -0.25) is 0 Å². The molecule has 0 saturated heterocycles. The summed E-state index contributed by atoms with van der Waals surface area (Å²) in [5.41, 5.74) is 2.17. The van der Waals surface area contributed by atoms with Gasteiger partial charge in [0.15, 0.2) is 0 Å². The summed E-state index contributed by atoms with van der Waals surface area (Å²) in [7, 11) is 1.91. The van der Waals surface area contributed by atoms with Gasteiger partial charge in [-0.2, -0.15) is 0 Å². The van der Waals surface area contributed by atoms with Gasteiger partial charge in [-0.1, -0.05) is 12.1 Å². The van der Waals surface area contributed by atoms with Crippen LogP contribution in [0.25, 0.3) is 11.3 Å². The molecule has 0 aliphatic carbocycles. The molecule has 0 saturated carbocycles. The van der Waals surface area contributed by atoms with E-state index in [-0.39, 0.29) is 6.04 Å². The Labute approximate surface area is 116 Å². The second-order valence-corrected chi connectivity index (χ2v) is 5.58. The Balaban J connectivity index is 2.36. The van der Waals surface area contributed by atoms with E-state index in [1.807, 2.05) is 14.0 Å². The van der Waals surface area contributed by atoms with E-state index in [9.17, 15) is 4.79 Å². The number of aryl methyl sites for hydroxylation is 1. The summed E-state index contributed by atoms with van der Waals surface area (Å²) < 4.78 is 0. The Morgan fingerprint density at radius 2 is 2.00 bits per heavy atom. The average molecular weight is 276 g/mol. The summed E-state index contributed by atoms with van der Waals surface area (Å²) in [5, 5.41) is 13.1. The number of aromatic nitrogens is 1. The first kappa shape index (κ1) is 13.7. The fourth-order valence-electron chi connectivity index (χ4n) is 1.76. The van der Waals surface area contributed by atoms with Crippen LogP contribution in [0.3, 0.4) is 0 Å². The zero-order valence-corrected chi connectivity index (χ0v) is 11.9. The van der Waals surface area contributed by atoms with Crippen molar-refractivity contribution < 1.29 is 9.90 Å². The molecule has 1 heterocycles. The van der Waals surface area contributed by atoms with Crippen molar-refractivity contribution >= 4 is 17.3 Å². The van der Waals surface area contributed by atoms with Crippen LogP contribution in [0.1, 0.15) is 33.2 Å². The van der Waals surface area contributed by atoms with Gasteiger partial charge in [0.1, 0.15) is 5.01 Å². The molecular weight excluding hydrogens is 260 g/mol. The van der Waals surface area contributed by atoms with Crippen molar-refractivity contribution in [2.24, 2.45) is 0 Å². The molecule has 2 N–H and O–H groups in total. The van der Waals surface area contributed by atoms with E-state index in [0.717, 1.165) is 21.1 Å². The number of hydrogen-bond acceptors (Lipinski definition) is 4. The topological polar surface area (TPSA) is 62.2 Å². The lowest BCUT2D eigenvalue weighted by atomic mass is 10.1.